The van der Waals surface area contributed by atoms with Gasteiger partial charge in [-0.1, -0.05) is 33.8 Å². The molecule has 0 radical (unpaired) electrons. The summed E-state index contributed by atoms with van der Waals surface area (Å²) in [5, 5.41) is 3.26. The van der Waals surface area contributed by atoms with Crippen LogP contribution in [-0.4, -0.2) is 24.7 Å². The van der Waals surface area contributed by atoms with Crippen molar-refractivity contribution in [3.63, 3.8) is 0 Å². The van der Waals surface area contributed by atoms with Gasteiger partial charge in [0.1, 0.15) is 6.04 Å². The SMILES string of the molecule is COc1ccc(C(NC(=O)[C@@H](CC(C)C)n2cccc2)C(C)C)cc1OC. The molecule has 0 spiro atoms. The Balaban J connectivity index is 2.27. The van der Waals surface area contributed by atoms with Crippen molar-refractivity contribution in [2.75, 3.05) is 14.2 Å². The molecule has 1 aromatic heterocycles. The number of nitrogens with zero attached hydrogens (tertiary/aromatic N) is 1. The Hall–Kier alpha value is -2.43. The van der Waals surface area contributed by atoms with Gasteiger partial charge in [0.2, 0.25) is 5.91 Å². The lowest BCUT2D eigenvalue weighted by Gasteiger charge is -2.27. The Bertz CT molecular complexity index is 723. The smallest absolute Gasteiger partial charge is 0.243 e. The highest BCUT2D eigenvalue weighted by Gasteiger charge is 2.26. The number of hydrogen-bond acceptors (Lipinski definition) is 3. The predicted octanol–water partition coefficient (Wildman–Crippen LogP) is 4.61. The molecule has 5 nitrogen and oxygen atoms in total. The molecule has 2 aromatic rings. The Morgan fingerprint density at radius 3 is 2.19 bits per heavy atom. The fraction of sp³-hybridized carbons (Fsp3) is 0.500. The van der Waals surface area contributed by atoms with E-state index in [1.54, 1.807) is 14.2 Å². The molecule has 1 amide bonds. The number of methoxy groups -OCH3 is 2. The molecule has 1 N–H and O–H groups in total. The van der Waals surface area contributed by atoms with Crippen molar-refractivity contribution < 1.29 is 14.3 Å². The molecule has 5 heteroatoms. The van der Waals surface area contributed by atoms with E-state index in [2.05, 4.69) is 33.0 Å². The number of amides is 1. The van der Waals surface area contributed by atoms with Crippen LogP contribution in [0.25, 0.3) is 0 Å². The van der Waals surface area contributed by atoms with E-state index in [0.717, 1.165) is 12.0 Å². The average molecular weight is 373 g/mol. The van der Waals surface area contributed by atoms with Crippen LogP contribution in [0.5, 0.6) is 11.5 Å². The van der Waals surface area contributed by atoms with Gasteiger partial charge in [0.25, 0.3) is 0 Å². The number of ether oxygens (including phenoxy) is 2. The number of benzene rings is 1. The standard InChI is InChI=1S/C22H32N2O3/c1-15(2)13-18(24-11-7-8-12-24)22(25)23-21(16(3)4)17-9-10-19(26-5)20(14-17)27-6/h7-12,14-16,18,21H,13H2,1-6H3,(H,23,25)/t18-,21?/m1/s1. The van der Waals surface area contributed by atoms with E-state index < -0.39 is 0 Å². The highest BCUT2D eigenvalue weighted by Crippen LogP contribution is 2.32. The Morgan fingerprint density at radius 1 is 1.04 bits per heavy atom. The molecule has 2 rings (SSSR count). The average Bonchev–Trinajstić information content (AvgIpc) is 3.17. The van der Waals surface area contributed by atoms with E-state index in [1.165, 1.54) is 0 Å². The highest BCUT2D eigenvalue weighted by atomic mass is 16.5. The van der Waals surface area contributed by atoms with Crippen LogP contribution in [0.2, 0.25) is 0 Å². The molecule has 148 valence electrons. The van der Waals surface area contributed by atoms with Gasteiger partial charge < -0.3 is 19.4 Å². The first-order chi connectivity index (χ1) is 12.9. The van der Waals surface area contributed by atoms with E-state index >= 15 is 0 Å². The maximum atomic E-state index is 13.2. The number of aromatic nitrogens is 1. The van der Waals surface area contributed by atoms with Crippen LogP contribution in [0.3, 0.4) is 0 Å². The predicted molar refractivity (Wildman–Crippen MR) is 108 cm³/mol. The van der Waals surface area contributed by atoms with Crippen LogP contribution >= 0.6 is 0 Å². The first kappa shape index (κ1) is 20.9. The van der Waals surface area contributed by atoms with Gasteiger partial charge in [-0.25, -0.2) is 0 Å². The van der Waals surface area contributed by atoms with Crippen LogP contribution in [0.4, 0.5) is 0 Å². The minimum absolute atomic E-state index is 0.0355. The second kappa shape index (κ2) is 9.49. The molecular formula is C22H32N2O3. The van der Waals surface area contributed by atoms with E-state index in [4.69, 9.17) is 9.47 Å². The van der Waals surface area contributed by atoms with Gasteiger partial charge in [-0.05, 0) is 48.1 Å². The maximum Gasteiger partial charge on any atom is 0.243 e. The van der Waals surface area contributed by atoms with E-state index in [1.807, 2.05) is 47.3 Å². The van der Waals surface area contributed by atoms with Crippen molar-refractivity contribution in [1.29, 1.82) is 0 Å². The molecule has 0 saturated heterocycles. The molecule has 0 fully saturated rings. The van der Waals surface area contributed by atoms with Crippen molar-refractivity contribution >= 4 is 5.91 Å². The Kier molecular flexibility index (Phi) is 7.34. The van der Waals surface area contributed by atoms with Crippen molar-refractivity contribution in [3.05, 3.63) is 48.3 Å². The molecule has 27 heavy (non-hydrogen) atoms. The zero-order valence-electron chi connectivity index (χ0n) is 17.2. The second-order valence-corrected chi connectivity index (χ2v) is 7.62. The molecule has 1 heterocycles. The fourth-order valence-corrected chi connectivity index (χ4v) is 3.30. The lowest BCUT2D eigenvalue weighted by Crippen LogP contribution is -2.37. The number of nitrogens with one attached hydrogen (secondary N) is 1. The minimum Gasteiger partial charge on any atom is -0.493 e. The van der Waals surface area contributed by atoms with Gasteiger partial charge in [0.15, 0.2) is 11.5 Å². The Morgan fingerprint density at radius 2 is 1.67 bits per heavy atom. The number of rotatable bonds is 9. The summed E-state index contributed by atoms with van der Waals surface area (Å²) in [6, 6.07) is 9.39. The van der Waals surface area contributed by atoms with Crippen LogP contribution in [-0.2, 0) is 4.79 Å². The van der Waals surface area contributed by atoms with Gasteiger partial charge in [0, 0.05) is 12.4 Å². The lowest BCUT2D eigenvalue weighted by molar-refractivity contribution is -0.125. The van der Waals surface area contributed by atoms with E-state index in [0.29, 0.717) is 17.4 Å². The Labute approximate surface area is 162 Å². The minimum atomic E-state index is -0.221. The molecule has 0 aliphatic heterocycles. The normalized spacial score (nSPS) is 13.5. The summed E-state index contributed by atoms with van der Waals surface area (Å²) in [5.41, 5.74) is 1.01. The van der Waals surface area contributed by atoms with Crippen LogP contribution in [0, 0.1) is 11.8 Å². The zero-order chi connectivity index (χ0) is 20.0. The topological polar surface area (TPSA) is 52.5 Å². The van der Waals surface area contributed by atoms with Crippen molar-refractivity contribution in [3.8, 4) is 11.5 Å². The summed E-state index contributed by atoms with van der Waals surface area (Å²) in [6.07, 6.45) is 4.69. The van der Waals surface area contributed by atoms with Crippen LogP contribution < -0.4 is 14.8 Å². The molecule has 0 saturated carbocycles. The summed E-state index contributed by atoms with van der Waals surface area (Å²) in [5.74, 6) is 2.03. The van der Waals surface area contributed by atoms with E-state index in [-0.39, 0.29) is 23.9 Å². The van der Waals surface area contributed by atoms with Crippen molar-refractivity contribution in [2.45, 2.75) is 46.2 Å². The van der Waals surface area contributed by atoms with Crippen LogP contribution in [0.15, 0.2) is 42.7 Å². The first-order valence-corrected chi connectivity index (χ1v) is 9.52. The molecular weight excluding hydrogens is 340 g/mol. The van der Waals surface area contributed by atoms with Gasteiger partial charge in [-0.3, -0.25) is 4.79 Å². The summed E-state index contributed by atoms with van der Waals surface area (Å²) in [7, 11) is 3.24. The first-order valence-electron chi connectivity index (χ1n) is 9.52. The largest absolute Gasteiger partial charge is 0.493 e. The summed E-state index contributed by atoms with van der Waals surface area (Å²) < 4.78 is 12.7. The summed E-state index contributed by atoms with van der Waals surface area (Å²) in [4.78, 5) is 13.2. The molecule has 0 aliphatic carbocycles. The quantitative estimate of drug-likeness (QED) is 0.699. The zero-order valence-corrected chi connectivity index (χ0v) is 17.2. The molecule has 0 bridgehead atoms. The van der Waals surface area contributed by atoms with Crippen molar-refractivity contribution in [2.24, 2.45) is 11.8 Å². The highest BCUT2D eigenvalue weighted by molar-refractivity contribution is 5.80. The van der Waals surface area contributed by atoms with Crippen molar-refractivity contribution in [1.82, 2.24) is 9.88 Å². The fourth-order valence-electron chi connectivity index (χ4n) is 3.30. The van der Waals surface area contributed by atoms with Crippen LogP contribution in [0.1, 0.15) is 51.8 Å². The third kappa shape index (κ3) is 5.28. The molecule has 1 aromatic carbocycles. The molecule has 0 aliphatic rings. The second-order valence-electron chi connectivity index (χ2n) is 7.62. The molecule has 1 unspecified atom stereocenters. The maximum absolute atomic E-state index is 13.2. The molecule has 2 atom stereocenters. The van der Waals surface area contributed by atoms with Gasteiger partial charge >= 0.3 is 0 Å². The van der Waals surface area contributed by atoms with E-state index in [9.17, 15) is 4.79 Å². The summed E-state index contributed by atoms with van der Waals surface area (Å²) >= 11 is 0. The lowest BCUT2D eigenvalue weighted by atomic mass is 9.94. The number of hydrogen-bond donors (Lipinski definition) is 1. The summed E-state index contributed by atoms with van der Waals surface area (Å²) in [6.45, 7) is 8.49. The van der Waals surface area contributed by atoms with Gasteiger partial charge in [0.05, 0.1) is 20.3 Å². The number of carbonyl (C=O) groups is 1. The third-order valence-electron chi connectivity index (χ3n) is 4.72. The third-order valence-corrected chi connectivity index (χ3v) is 4.72. The monoisotopic (exact) mass is 372 g/mol. The van der Waals surface area contributed by atoms with Gasteiger partial charge in [-0.2, -0.15) is 0 Å². The van der Waals surface area contributed by atoms with Gasteiger partial charge in [-0.15, -0.1) is 0 Å². The number of carbonyl (C=O) groups excluding carboxylic acids is 1.